The van der Waals surface area contributed by atoms with Gasteiger partial charge in [0.25, 0.3) is 0 Å². The molecule has 0 aromatic heterocycles. The minimum absolute atomic E-state index is 0.226. The van der Waals surface area contributed by atoms with Crippen LogP contribution in [0.5, 0.6) is 0 Å². The Balaban J connectivity index is 1.82. The molecule has 1 fully saturated rings. The van der Waals surface area contributed by atoms with Gasteiger partial charge in [-0.25, -0.2) is 0 Å². The molecule has 1 unspecified atom stereocenters. The molecule has 0 radical (unpaired) electrons. The van der Waals surface area contributed by atoms with Gasteiger partial charge in [-0.05, 0) is 25.3 Å². The minimum atomic E-state index is -0.715. The van der Waals surface area contributed by atoms with Crippen LogP contribution in [0.15, 0.2) is 30.3 Å². The highest BCUT2D eigenvalue weighted by Gasteiger charge is 2.39. The Bertz CT molecular complexity index is 527. The quantitative estimate of drug-likeness (QED) is 0.784. The molecule has 1 aromatic carbocycles. The van der Waals surface area contributed by atoms with E-state index in [1.54, 1.807) is 6.92 Å². The largest absolute Gasteiger partial charge is 0.381 e. The number of rotatable bonds is 7. The summed E-state index contributed by atoms with van der Waals surface area (Å²) in [6.07, 6.45) is 0.462. The smallest absolute Gasteiger partial charge is 0.248 e. The molecule has 1 heterocycles. The normalized spacial score (nSPS) is 18.1. The third kappa shape index (κ3) is 4.77. The second kappa shape index (κ2) is 8.08. The van der Waals surface area contributed by atoms with Crippen molar-refractivity contribution in [2.45, 2.75) is 32.5 Å². The van der Waals surface area contributed by atoms with Crippen molar-refractivity contribution in [3.05, 3.63) is 35.9 Å². The van der Waals surface area contributed by atoms with Crippen molar-refractivity contribution >= 4 is 11.8 Å². The van der Waals surface area contributed by atoms with Crippen LogP contribution in [-0.4, -0.2) is 37.7 Å². The fourth-order valence-electron chi connectivity index (χ4n) is 2.54. The lowest BCUT2D eigenvalue weighted by atomic mass is 9.79. The van der Waals surface area contributed by atoms with E-state index in [2.05, 4.69) is 5.32 Å². The second-order valence-corrected chi connectivity index (χ2v) is 5.91. The van der Waals surface area contributed by atoms with E-state index < -0.39 is 11.5 Å². The van der Waals surface area contributed by atoms with Crippen LogP contribution in [-0.2, 0) is 25.7 Å². The standard InChI is InChI=1S/C17H24N2O4/c1-13(23-11-14-5-3-2-4-6-14)15(20)19-12-17(16(18)21)7-9-22-10-8-17/h2-6,13H,7-12H2,1H3,(H2,18,21)(H,19,20). The first kappa shape index (κ1) is 17.4. The SMILES string of the molecule is CC(OCc1ccccc1)C(=O)NCC1(C(N)=O)CCOCC1. The van der Waals surface area contributed by atoms with E-state index in [0.29, 0.717) is 32.7 Å². The summed E-state index contributed by atoms with van der Waals surface area (Å²) in [5.74, 6) is -0.632. The van der Waals surface area contributed by atoms with Crippen molar-refractivity contribution in [3.63, 3.8) is 0 Å². The Morgan fingerprint density at radius 3 is 2.57 bits per heavy atom. The minimum Gasteiger partial charge on any atom is -0.381 e. The van der Waals surface area contributed by atoms with Gasteiger partial charge >= 0.3 is 0 Å². The van der Waals surface area contributed by atoms with Crippen LogP contribution in [0, 0.1) is 5.41 Å². The first-order valence-corrected chi connectivity index (χ1v) is 7.84. The summed E-state index contributed by atoms with van der Waals surface area (Å²) in [5.41, 5.74) is 5.81. The van der Waals surface area contributed by atoms with Gasteiger partial charge in [0.15, 0.2) is 0 Å². The zero-order chi connectivity index (χ0) is 16.7. The first-order valence-electron chi connectivity index (χ1n) is 7.84. The molecule has 0 bridgehead atoms. The van der Waals surface area contributed by atoms with E-state index in [4.69, 9.17) is 15.2 Å². The van der Waals surface area contributed by atoms with Crippen molar-refractivity contribution in [1.82, 2.24) is 5.32 Å². The summed E-state index contributed by atoms with van der Waals surface area (Å²) >= 11 is 0. The summed E-state index contributed by atoms with van der Waals surface area (Å²) in [4.78, 5) is 23.9. The molecule has 2 rings (SSSR count). The van der Waals surface area contributed by atoms with Crippen molar-refractivity contribution in [2.75, 3.05) is 19.8 Å². The van der Waals surface area contributed by atoms with Gasteiger partial charge in [0.1, 0.15) is 6.10 Å². The number of primary amides is 1. The number of nitrogens with one attached hydrogen (secondary N) is 1. The topological polar surface area (TPSA) is 90.6 Å². The molecule has 126 valence electrons. The summed E-state index contributed by atoms with van der Waals surface area (Å²) in [6.45, 7) is 3.25. The van der Waals surface area contributed by atoms with Gasteiger partial charge in [0.2, 0.25) is 11.8 Å². The van der Waals surface area contributed by atoms with Gasteiger partial charge in [-0.1, -0.05) is 30.3 Å². The lowest BCUT2D eigenvalue weighted by Gasteiger charge is -2.34. The Labute approximate surface area is 136 Å². The Hall–Kier alpha value is -1.92. The van der Waals surface area contributed by atoms with Crippen LogP contribution in [0.1, 0.15) is 25.3 Å². The van der Waals surface area contributed by atoms with E-state index >= 15 is 0 Å². The van der Waals surface area contributed by atoms with Crippen molar-refractivity contribution in [1.29, 1.82) is 0 Å². The lowest BCUT2D eigenvalue weighted by Crippen LogP contribution is -2.51. The van der Waals surface area contributed by atoms with Gasteiger partial charge in [-0.3, -0.25) is 9.59 Å². The van der Waals surface area contributed by atoms with Gasteiger partial charge in [0.05, 0.1) is 12.0 Å². The predicted molar refractivity (Wildman–Crippen MR) is 85.4 cm³/mol. The number of hydrogen-bond donors (Lipinski definition) is 2. The summed E-state index contributed by atoms with van der Waals surface area (Å²) in [6, 6.07) is 9.65. The molecule has 1 atom stereocenters. The molecule has 6 heteroatoms. The van der Waals surface area contributed by atoms with E-state index in [1.165, 1.54) is 0 Å². The second-order valence-electron chi connectivity index (χ2n) is 5.91. The molecule has 23 heavy (non-hydrogen) atoms. The summed E-state index contributed by atoms with van der Waals surface area (Å²) in [7, 11) is 0. The highest BCUT2D eigenvalue weighted by atomic mass is 16.5. The van der Waals surface area contributed by atoms with Crippen LogP contribution in [0.2, 0.25) is 0 Å². The summed E-state index contributed by atoms with van der Waals surface area (Å²) < 4.78 is 10.8. The lowest BCUT2D eigenvalue weighted by molar-refractivity contribution is -0.137. The monoisotopic (exact) mass is 320 g/mol. The van der Waals surface area contributed by atoms with Crippen LogP contribution < -0.4 is 11.1 Å². The van der Waals surface area contributed by atoms with Crippen LogP contribution >= 0.6 is 0 Å². The fraction of sp³-hybridized carbons (Fsp3) is 0.529. The number of carbonyl (C=O) groups is 2. The summed E-state index contributed by atoms with van der Waals surface area (Å²) in [5, 5.41) is 2.79. The molecule has 6 nitrogen and oxygen atoms in total. The molecule has 0 spiro atoms. The molecule has 1 saturated heterocycles. The average Bonchev–Trinajstić information content (AvgIpc) is 2.59. The average molecular weight is 320 g/mol. The molecule has 2 amide bonds. The fourth-order valence-corrected chi connectivity index (χ4v) is 2.54. The zero-order valence-electron chi connectivity index (χ0n) is 13.4. The molecule has 0 aliphatic carbocycles. The van der Waals surface area contributed by atoms with Crippen LogP contribution in [0.25, 0.3) is 0 Å². The van der Waals surface area contributed by atoms with E-state index in [9.17, 15) is 9.59 Å². The highest BCUT2D eigenvalue weighted by molar-refractivity contribution is 5.84. The predicted octanol–water partition coefficient (Wildman–Crippen LogP) is 0.990. The molecular formula is C17H24N2O4. The van der Waals surface area contributed by atoms with Crippen LogP contribution in [0.4, 0.5) is 0 Å². The van der Waals surface area contributed by atoms with Crippen molar-refractivity contribution in [2.24, 2.45) is 11.1 Å². The maximum Gasteiger partial charge on any atom is 0.248 e. The first-order chi connectivity index (χ1) is 11.0. The van der Waals surface area contributed by atoms with Crippen molar-refractivity contribution in [3.8, 4) is 0 Å². The van der Waals surface area contributed by atoms with E-state index in [0.717, 1.165) is 5.56 Å². The molecule has 1 aliphatic heterocycles. The van der Waals surface area contributed by atoms with Crippen LogP contribution in [0.3, 0.4) is 0 Å². The maximum absolute atomic E-state index is 12.2. The Morgan fingerprint density at radius 2 is 1.96 bits per heavy atom. The third-order valence-corrected chi connectivity index (χ3v) is 4.29. The number of amides is 2. The number of nitrogens with two attached hydrogens (primary N) is 1. The Kier molecular flexibility index (Phi) is 6.12. The number of benzene rings is 1. The molecule has 1 aliphatic rings. The van der Waals surface area contributed by atoms with Crippen molar-refractivity contribution < 1.29 is 19.1 Å². The van der Waals surface area contributed by atoms with Gasteiger partial charge < -0.3 is 20.5 Å². The number of hydrogen-bond acceptors (Lipinski definition) is 4. The Morgan fingerprint density at radius 1 is 1.30 bits per heavy atom. The molecular weight excluding hydrogens is 296 g/mol. The zero-order valence-corrected chi connectivity index (χ0v) is 13.4. The number of ether oxygens (including phenoxy) is 2. The third-order valence-electron chi connectivity index (χ3n) is 4.29. The number of carbonyl (C=O) groups excluding carboxylic acids is 2. The van der Waals surface area contributed by atoms with E-state index in [1.807, 2.05) is 30.3 Å². The van der Waals surface area contributed by atoms with Gasteiger partial charge in [-0.15, -0.1) is 0 Å². The molecule has 0 saturated carbocycles. The van der Waals surface area contributed by atoms with Gasteiger partial charge in [0, 0.05) is 19.8 Å². The highest BCUT2D eigenvalue weighted by Crippen LogP contribution is 2.29. The van der Waals surface area contributed by atoms with Gasteiger partial charge in [-0.2, -0.15) is 0 Å². The maximum atomic E-state index is 12.2. The van der Waals surface area contributed by atoms with E-state index in [-0.39, 0.29) is 18.4 Å². The molecule has 1 aromatic rings. The molecule has 3 N–H and O–H groups in total.